The van der Waals surface area contributed by atoms with E-state index in [4.69, 9.17) is 11.5 Å². The number of nitrogen functional groups attached to an aromatic ring is 1. The Hall–Kier alpha value is -3.78. The molecular formula is C28H34N6O2. The summed E-state index contributed by atoms with van der Waals surface area (Å²) >= 11 is 0. The molecule has 1 aromatic carbocycles. The van der Waals surface area contributed by atoms with E-state index in [9.17, 15) is 9.59 Å². The number of anilines is 1. The van der Waals surface area contributed by atoms with E-state index in [2.05, 4.69) is 34.1 Å². The largest absolute Gasteiger partial charge is 0.398 e. The van der Waals surface area contributed by atoms with Gasteiger partial charge in [0, 0.05) is 41.7 Å². The highest BCUT2D eigenvalue weighted by molar-refractivity contribution is 6.09. The summed E-state index contributed by atoms with van der Waals surface area (Å²) in [5.41, 5.74) is 16.2. The number of nitrogens with zero attached hydrogens (tertiary/aromatic N) is 2. The third-order valence-corrected chi connectivity index (χ3v) is 6.58. The number of hydrogen-bond acceptors (Lipinski definition) is 7. The summed E-state index contributed by atoms with van der Waals surface area (Å²) < 4.78 is 0. The molecule has 1 aliphatic carbocycles. The SMILES string of the molecule is CCCC(CC)c1cc(-c2cnc(N)c(C(=O)C=C(N)c3ccc(CNC4CC4)cc3)n2)c[nH]c1=O. The molecule has 2 aromatic heterocycles. The maximum Gasteiger partial charge on any atom is 0.251 e. The first kappa shape index (κ1) is 25.3. The normalized spacial score (nSPS) is 14.6. The molecule has 8 nitrogen and oxygen atoms in total. The molecule has 1 aliphatic rings. The molecule has 8 heteroatoms. The lowest BCUT2D eigenvalue weighted by Gasteiger charge is -2.14. The lowest BCUT2D eigenvalue weighted by Crippen LogP contribution is -2.16. The molecule has 0 amide bonds. The minimum atomic E-state index is -0.430. The van der Waals surface area contributed by atoms with Gasteiger partial charge in [-0.05, 0) is 48.8 Å². The monoisotopic (exact) mass is 486 g/mol. The van der Waals surface area contributed by atoms with Crippen molar-refractivity contribution in [2.75, 3.05) is 5.73 Å². The van der Waals surface area contributed by atoms with E-state index >= 15 is 0 Å². The number of carbonyl (C=O) groups excluding carboxylic acids is 1. The van der Waals surface area contributed by atoms with Gasteiger partial charge in [0.2, 0.25) is 5.78 Å². The van der Waals surface area contributed by atoms with Gasteiger partial charge in [0.05, 0.1) is 11.9 Å². The number of hydrogen-bond donors (Lipinski definition) is 4. The smallest absolute Gasteiger partial charge is 0.251 e. The second-order valence-electron chi connectivity index (χ2n) is 9.37. The number of aromatic amines is 1. The van der Waals surface area contributed by atoms with E-state index in [-0.39, 0.29) is 23.0 Å². The van der Waals surface area contributed by atoms with Crippen LogP contribution in [0, 0.1) is 0 Å². The van der Waals surface area contributed by atoms with Crippen LogP contribution in [0.4, 0.5) is 5.82 Å². The zero-order valence-electron chi connectivity index (χ0n) is 20.9. The Morgan fingerprint density at radius 1 is 1.25 bits per heavy atom. The van der Waals surface area contributed by atoms with Crippen LogP contribution >= 0.6 is 0 Å². The van der Waals surface area contributed by atoms with Gasteiger partial charge in [-0.1, -0.05) is 44.5 Å². The predicted octanol–water partition coefficient (Wildman–Crippen LogP) is 4.14. The predicted molar refractivity (Wildman–Crippen MR) is 143 cm³/mol. The summed E-state index contributed by atoms with van der Waals surface area (Å²) in [5.74, 6) is -0.252. The van der Waals surface area contributed by atoms with Crippen LogP contribution in [0.1, 0.15) is 79.0 Å². The van der Waals surface area contributed by atoms with Crippen molar-refractivity contribution in [3.63, 3.8) is 0 Å². The second-order valence-corrected chi connectivity index (χ2v) is 9.37. The van der Waals surface area contributed by atoms with E-state index in [1.807, 2.05) is 30.3 Å². The number of carbonyl (C=O) groups is 1. The van der Waals surface area contributed by atoms with Crippen molar-refractivity contribution in [1.82, 2.24) is 20.3 Å². The van der Waals surface area contributed by atoms with E-state index in [0.29, 0.717) is 28.6 Å². The fourth-order valence-electron chi connectivity index (χ4n) is 4.26. The van der Waals surface area contributed by atoms with Crippen LogP contribution in [-0.2, 0) is 6.54 Å². The molecular weight excluding hydrogens is 452 g/mol. The molecule has 4 rings (SSSR count). The molecule has 6 N–H and O–H groups in total. The topological polar surface area (TPSA) is 140 Å². The number of ketones is 1. The molecule has 2 heterocycles. The molecule has 0 bridgehead atoms. The Labute approximate surface area is 211 Å². The third-order valence-electron chi connectivity index (χ3n) is 6.58. The van der Waals surface area contributed by atoms with Gasteiger partial charge in [-0.2, -0.15) is 0 Å². The number of nitrogens with two attached hydrogens (primary N) is 2. The second kappa shape index (κ2) is 11.3. The zero-order chi connectivity index (χ0) is 25.7. The Balaban J connectivity index is 1.56. The molecule has 0 saturated heterocycles. The van der Waals surface area contributed by atoms with Gasteiger partial charge in [0.15, 0.2) is 11.5 Å². The quantitative estimate of drug-likeness (QED) is 0.236. The lowest BCUT2D eigenvalue weighted by atomic mass is 9.92. The average molecular weight is 487 g/mol. The minimum absolute atomic E-state index is 0.0223. The first-order valence-corrected chi connectivity index (χ1v) is 12.6. The zero-order valence-corrected chi connectivity index (χ0v) is 20.9. The van der Waals surface area contributed by atoms with Crippen molar-refractivity contribution in [1.29, 1.82) is 0 Å². The van der Waals surface area contributed by atoms with E-state index in [1.54, 1.807) is 6.20 Å². The van der Waals surface area contributed by atoms with Crippen LogP contribution in [0.5, 0.6) is 0 Å². The molecule has 0 radical (unpaired) electrons. The standard InChI is InChI=1S/C28H34N6O2/c1-3-5-18(4-2)22-12-20(15-33-28(22)36)24-16-32-27(30)26(34-24)25(35)13-23(29)19-8-6-17(7-9-19)14-31-21-10-11-21/h6-9,12-13,15-16,18,21,31H,3-5,10-11,14,29H2,1-2H3,(H2,30,32)(H,33,36). The maximum atomic E-state index is 13.0. The van der Waals surface area contributed by atoms with E-state index < -0.39 is 5.78 Å². The summed E-state index contributed by atoms with van der Waals surface area (Å²) in [6.07, 6.45) is 9.66. The van der Waals surface area contributed by atoms with Crippen molar-refractivity contribution in [3.05, 3.63) is 81.5 Å². The number of aromatic nitrogens is 3. The molecule has 36 heavy (non-hydrogen) atoms. The van der Waals surface area contributed by atoms with Gasteiger partial charge in [0.25, 0.3) is 5.56 Å². The van der Waals surface area contributed by atoms with Crippen molar-refractivity contribution < 1.29 is 4.79 Å². The summed E-state index contributed by atoms with van der Waals surface area (Å²) in [5, 5.41) is 3.47. The Morgan fingerprint density at radius 3 is 2.67 bits per heavy atom. The molecule has 3 aromatic rings. The molecule has 1 unspecified atom stereocenters. The first-order valence-electron chi connectivity index (χ1n) is 12.6. The summed E-state index contributed by atoms with van der Waals surface area (Å²) in [4.78, 5) is 37.0. The number of H-pyrrole nitrogens is 1. The van der Waals surface area contributed by atoms with Gasteiger partial charge in [-0.15, -0.1) is 0 Å². The number of rotatable bonds is 11. The minimum Gasteiger partial charge on any atom is -0.398 e. The van der Waals surface area contributed by atoms with E-state index in [0.717, 1.165) is 36.9 Å². The van der Waals surface area contributed by atoms with Gasteiger partial charge >= 0.3 is 0 Å². The molecule has 1 atom stereocenters. The van der Waals surface area contributed by atoms with E-state index in [1.165, 1.54) is 25.1 Å². The molecule has 0 aliphatic heterocycles. The van der Waals surface area contributed by atoms with Crippen LogP contribution in [0.25, 0.3) is 17.0 Å². The number of pyridine rings is 1. The fraction of sp³-hybridized carbons (Fsp3) is 0.357. The lowest BCUT2D eigenvalue weighted by molar-refractivity contribution is 0.104. The maximum absolute atomic E-state index is 13.0. The highest BCUT2D eigenvalue weighted by atomic mass is 16.1. The van der Waals surface area contributed by atoms with Crippen molar-refractivity contribution in [3.8, 4) is 11.3 Å². The van der Waals surface area contributed by atoms with Gasteiger partial charge in [-0.3, -0.25) is 9.59 Å². The fourth-order valence-corrected chi connectivity index (χ4v) is 4.26. The Kier molecular flexibility index (Phi) is 7.95. The highest BCUT2D eigenvalue weighted by Gasteiger charge is 2.20. The number of allylic oxidation sites excluding steroid dienone is 1. The third kappa shape index (κ3) is 6.07. The van der Waals surface area contributed by atoms with Gasteiger partial charge in [-0.25, -0.2) is 9.97 Å². The summed E-state index contributed by atoms with van der Waals surface area (Å²) in [7, 11) is 0. The van der Waals surface area contributed by atoms with Crippen LogP contribution in [0.2, 0.25) is 0 Å². The highest BCUT2D eigenvalue weighted by Crippen LogP contribution is 2.26. The Bertz CT molecular complexity index is 1310. The van der Waals surface area contributed by atoms with Crippen molar-refractivity contribution in [2.24, 2.45) is 5.73 Å². The van der Waals surface area contributed by atoms with Crippen LogP contribution in [0.15, 0.2) is 53.6 Å². The average Bonchev–Trinajstić information content (AvgIpc) is 3.72. The molecule has 1 fully saturated rings. The van der Waals surface area contributed by atoms with Crippen LogP contribution in [-0.4, -0.2) is 26.8 Å². The van der Waals surface area contributed by atoms with Gasteiger partial charge in [0.1, 0.15) is 0 Å². The molecule has 1 saturated carbocycles. The Morgan fingerprint density at radius 2 is 2.00 bits per heavy atom. The van der Waals surface area contributed by atoms with Crippen LogP contribution in [0.3, 0.4) is 0 Å². The first-order chi connectivity index (χ1) is 17.4. The van der Waals surface area contributed by atoms with Crippen molar-refractivity contribution >= 4 is 17.3 Å². The van der Waals surface area contributed by atoms with Crippen molar-refractivity contribution in [2.45, 2.75) is 64.5 Å². The number of benzene rings is 1. The van der Waals surface area contributed by atoms with Crippen LogP contribution < -0.4 is 22.3 Å². The summed E-state index contributed by atoms with van der Waals surface area (Å²) in [6, 6.07) is 10.3. The van der Waals surface area contributed by atoms with Gasteiger partial charge < -0.3 is 21.8 Å². The number of nitrogens with one attached hydrogen (secondary N) is 2. The summed E-state index contributed by atoms with van der Waals surface area (Å²) in [6.45, 7) is 4.99. The molecule has 0 spiro atoms. The molecule has 188 valence electrons.